The Bertz CT molecular complexity index is 1300. The number of nitrogens with zero attached hydrogens (tertiary/aromatic N) is 2. The van der Waals surface area contributed by atoms with Crippen LogP contribution in [0.15, 0.2) is 60.0 Å². The molecule has 3 fully saturated rings. The highest BCUT2D eigenvalue weighted by molar-refractivity contribution is 5.82. The lowest BCUT2D eigenvalue weighted by Gasteiger charge is -2.55. The molecule has 5 nitrogen and oxygen atoms in total. The number of methoxy groups -OCH3 is 2. The molecule has 5 aliphatic rings. The Morgan fingerprint density at radius 2 is 1.87 bits per heavy atom. The molecule has 6 atom stereocenters. The second-order valence-electron chi connectivity index (χ2n) is 13.1. The van der Waals surface area contributed by atoms with Gasteiger partial charge in [0.15, 0.2) is 0 Å². The molecule has 39 heavy (non-hydrogen) atoms. The van der Waals surface area contributed by atoms with E-state index < -0.39 is 0 Å². The van der Waals surface area contributed by atoms with Crippen LogP contribution in [0.1, 0.15) is 69.8 Å². The summed E-state index contributed by atoms with van der Waals surface area (Å²) in [5.41, 5.74) is 4.56. The van der Waals surface area contributed by atoms with Crippen LogP contribution < -0.4 is 0 Å². The quantitative estimate of drug-likeness (QED) is 0.395. The third-order valence-corrected chi connectivity index (χ3v) is 11.4. The minimum atomic E-state index is -0.116. The van der Waals surface area contributed by atoms with E-state index in [9.17, 15) is 0 Å². The van der Waals surface area contributed by atoms with E-state index in [0.717, 1.165) is 58.4 Å². The fourth-order valence-electron chi connectivity index (χ4n) is 9.46. The van der Waals surface area contributed by atoms with Gasteiger partial charge in [0.05, 0.1) is 24.4 Å². The number of rotatable bonds is 8. The molecular weight excluding hydrogens is 484 g/mol. The number of hydrogen-bond acceptors (Lipinski definition) is 5. The smallest absolute Gasteiger partial charge is 0.0974 e. The van der Waals surface area contributed by atoms with E-state index in [1.54, 1.807) is 19.8 Å². The minimum absolute atomic E-state index is 0.0936. The van der Waals surface area contributed by atoms with Crippen LogP contribution in [0.5, 0.6) is 0 Å². The van der Waals surface area contributed by atoms with E-state index in [-0.39, 0.29) is 16.6 Å². The average Bonchev–Trinajstić information content (AvgIpc) is 3.47. The summed E-state index contributed by atoms with van der Waals surface area (Å²) in [7, 11) is 3.61. The van der Waals surface area contributed by atoms with E-state index in [1.165, 1.54) is 41.2 Å². The van der Waals surface area contributed by atoms with Crippen LogP contribution in [0.3, 0.4) is 0 Å². The molecule has 0 radical (unpaired) electrons. The number of allylic oxidation sites excluding steroid dienone is 1. The van der Waals surface area contributed by atoms with Crippen LogP contribution in [0, 0.1) is 11.3 Å². The summed E-state index contributed by atoms with van der Waals surface area (Å²) in [6, 6.07) is 9.73. The zero-order chi connectivity index (χ0) is 26.7. The zero-order valence-electron chi connectivity index (χ0n) is 24.0. The van der Waals surface area contributed by atoms with Gasteiger partial charge in [-0.15, -0.1) is 0 Å². The Kier molecular flexibility index (Phi) is 6.50. The van der Waals surface area contributed by atoms with E-state index in [2.05, 4.69) is 53.2 Å². The summed E-state index contributed by atoms with van der Waals surface area (Å²) in [5, 5.41) is 2.54. The molecule has 0 amide bonds. The first-order valence-corrected chi connectivity index (χ1v) is 15.2. The monoisotopic (exact) mass is 528 g/mol. The summed E-state index contributed by atoms with van der Waals surface area (Å²) in [6.45, 7) is 6.01. The van der Waals surface area contributed by atoms with Crippen LogP contribution in [0.25, 0.3) is 10.8 Å². The standard InChI is InChI=1S/C34H44N2O3/c1-32-12-10-28-21-27-6-7-29(36(16-18-37-2)17-19-38-3)22-33(27)13-14-34(28,39-33)31(32)9-8-30(32)25-5-4-24-11-15-35-23-26(24)20-25/h4-5,10-11,15,20-21,23,29-31H,6-9,12-14,16-19,22H2,1-3H3/t29-,30?,31-,32?,33-,34-/m1/s1. The Morgan fingerprint density at radius 3 is 2.69 bits per heavy atom. The molecule has 2 bridgehead atoms. The van der Waals surface area contributed by atoms with Gasteiger partial charge in [-0.25, -0.2) is 0 Å². The third-order valence-electron chi connectivity index (χ3n) is 11.4. The second kappa shape index (κ2) is 9.80. The first-order valence-electron chi connectivity index (χ1n) is 15.2. The van der Waals surface area contributed by atoms with Crippen molar-refractivity contribution < 1.29 is 14.2 Å². The molecule has 2 aromatic rings. The van der Waals surface area contributed by atoms with Crippen molar-refractivity contribution in [3.05, 3.63) is 65.5 Å². The van der Waals surface area contributed by atoms with Crippen molar-refractivity contribution in [2.45, 2.75) is 81.5 Å². The lowest BCUT2D eigenvalue weighted by Crippen LogP contribution is -2.55. The first-order chi connectivity index (χ1) is 19.0. The van der Waals surface area contributed by atoms with Crippen molar-refractivity contribution in [1.29, 1.82) is 0 Å². The zero-order valence-corrected chi connectivity index (χ0v) is 24.0. The van der Waals surface area contributed by atoms with Gasteiger partial charge in [-0.2, -0.15) is 0 Å². The SMILES string of the molecule is COCCN(CCOC)[C@@H]1CCC2=CC3=CCC4(C)C(c5ccc6ccncc6c5)CC[C@H]4[C@@]34CC[C@]2(C1)O4. The fraction of sp³-hybridized carbons (Fsp3) is 0.618. The number of fused-ring (bicyclic) bond motifs is 2. The molecule has 7 rings (SSSR count). The van der Waals surface area contributed by atoms with E-state index in [0.29, 0.717) is 17.9 Å². The molecular formula is C34H44N2O3. The number of benzene rings is 1. The van der Waals surface area contributed by atoms with Crippen LogP contribution in [0.4, 0.5) is 0 Å². The van der Waals surface area contributed by atoms with Gasteiger partial charge in [0.2, 0.25) is 0 Å². The van der Waals surface area contributed by atoms with Gasteiger partial charge < -0.3 is 14.2 Å². The largest absolute Gasteiger partial charge is 0.383 e. The van der Waals surface area contributed by atoms with Crippen molar-refractivity contribution in [3.8, 4) is 0 Å². The predicted octanol–water partition coefficient (Wildman–Crippen LogP) is 6.44. The van der Waals surface area contributed by atoms with Gasteiger partial charge in [-0.1, -0.05) is 31.2 Å². The van der Waals surface area contributed by atoms with Crippen LogP contribution in [0.2, 0.25) is 0 Å². The first kappa shape index (κ1) is 25.9. The third kappa shape index (κ3) is 3.99. The summed E-state index contributed by atoms with van der Waals surface area (Å²) >= 11 is 0. The normalized spacial score (nSPS) is 36.9. The summed E-state index contributed by atoms with van der Waals surface area (Å²) < 4.78 is 18.5. The molecule has 1 saturated heterocycles. The molecule has 0 N–H and O–H groups in total. The fourth-order valence-corrected chi connectivity index (χ4v) is 9.46. The summed E-state index contributed by atoms with van der Waals surface area (Å²) in [6.07, 6.45) is 18.5. The van der Waals surface area contributed by atoms with Crippen molar-refractivity contribution in [3.63, 3.8) is 0 Å². The summed E-state index contributed by atoms with van der Waals surface area (Å²) in [5.74, 6) is 1.12. The maximum Gasteiger partial charge on any atom is 0.0974 e. The molecule has 1 aromatic heterocycles. The molecule has 2 aliphatic heterocycles. The van der Waals surface area contributed by atoms with E-state index >= 15 is 0 Å². The Balaban J connectivity index is 1.18. The van der Waals surface area contributed by atoms with Gasteiger partial charge in [0.1, 0.15) is 0 Å². The number of pyridine rings is 1. The molecule has 3 aliphatic carbocycles. The van der Waals surface area contributed by atoms with Crippen LogP contribution in [-0.2, 0) is 14.2 Å². The van der Waals surface area contributed by atoms with E-state index in [4.69, 9.17) is 14.2 Å². The van der Waals surface area contributed by atoms with Crippen molar-refractivity contribution in [2.75, 3.05) is 40.5 Å². The van der Waals surface area contributed by atoms with E-state index in [1.807, 2.05) is 12.4 Å². The highest BCUT2D eigenvalue weighted by atomic mass is 16.5. The Hall–Kier alpha value is -2.05. The molecule has 2 saturated carbocycles. The van der Waals surface area contributed by atoms with Crippen molar-refractivity contribution in [1.82, 2.24) is 9.88 Å². The number of ether oxygens (including phenoxy) is 3. The van der Waals surface area contributed by atoms with Crippen molar-refractivity contribution >= 4 is 10.8 Å². The van der Waals surface area contributed by atoms with Gasteiger partial charge in [0, 0.05) is 51.1 Å². The van der Waals surface area contributed by atoms with Gasteiger partial charge in [-0.3, -0.25) is 9.88 Å². The highest BCUT2D eigenvalue weighted by Gasteiger charge is 2.66. The lowest BCUT2D eigenvalue weighted by molar-refractivity contribution is -0.141. The van der Waals surface area contributed by atoms with Crippen molar-refractivity contribution in [2.24, 2.45) is 11.3 Å². The van der Waals surface area contributed by atoms with Crippen LogP contribution >= 0.6 is 0 Å². The lowest BCUT2D eigenvalue weighted by atomic mass is 9.58. The average molecular weight is 529 g/mol. The Labute approximate surface area is 233 Å². The maximum atomic E-state index is 7.57. The molecule has 5 heteroatoms. The molecule has 2 spiro atoms. The highest BCUT2D eigenvalue weighted by Crippen LogP contribution is 2.69. The number of hydrogen-bond donors (Lipinski definition) is 0. The predicted molar refractivity (Wildman–Crippen MR) is 155 cm³/mol. The Morgan fingerprint density at radius 1 is 1.03 bits per heavy atom. The minimum Gasteiger partial charge on any atom is -0.383 e. The molecule has 2 unspecified atom stereocenters. The summed E-state index contributed by atoms with van der Waals surface area (Å²) in [4.78, 5) is 7.00. The molecule has 1 aromatic carbocycles. The topological polar surface area (TPSA) is 43.8 Å². The van der Waals surface area contributed by atoms with Crippen LogP contribution in [-0.4, -0.2) is 67.7 Å². The molecule has 3 heterocycles. The van der Waals surface area contributed by atoms with Gasteiger partial charge >= 0.3 is 0 Å². The maximum absolute atomic E-state index is 7.57. The molecule has 208 valence electrons. The van der Waals surface area contributed by atoms with Gasteiger partial charge in [-0.05, 0) is 103 Å². The second-order valence-corrected chi connectivity index (χ2v) is 13.1. The number of aromatic nitrogens is 1. The van der Waals surface area contributed by atoms with Gasteiger partial charge in [0.25, 0.3) is 0 Å².